The molecule has 0 aliphatic heterocycles. The first-order valence-corrected chi connectivity index (χ1v) is 22.0. The van der Waals surface area contributed by atoms with Crippen LogP contribution in [-0.2, 0) is 57.7 Å². The van der Waals surface area contributed by atoms with E-state index in [1.165, 1.54) is 23.7 Å². The molecule has 0 aliphatic rings. The monoisotopic (exact) mass is 910 g/mol. The van der Waals surface area contributed by atoms with Gasteiger partial charge in [0, 0.05) is 6.61 Å². The zero-order chi connectivity index (χ0) is 40.0. The lowest BCUT2D eigenvalue weighted by atomic mass is 9.80. The van der Waals surface area contributed by atoms with Gasteiger partial charge in [-0.15, -0.1) is 0 Å². The fraction of sp³-hybridized carbons (Fsp3) is 0.600. The highest BCUT2D eigenvalue weighted by atomic mass is 127. The van der Waals surface area contributed by atoms with E-state index in [4.69, 9.17) is 52.1 Å². The van der Waals surface area contributed by atoms with Crippen molar-refractivity contribution in [2.75, 3.05) is 143 Å². The van der Waals surface area contributed by atoms with Crippen LogP contribution in [-0.4, -0.2) is 143 Å². The normalized spacial score (nSPS) is 11.7. The smallest absolute Gasteiger partial charge is 0.143 e. The molecule has 3 aromatic carbocycles. The molecule has 0 atom stereocenters. The Morgan fingerprint density at radius 1 is 0.281 bits per heavy atom. The van der Waals surface area contributed by atoms with Crippen LogP contribution in [0.15, 0.2) is 91.0 Å². The number of alkyl halides is 1. The Balaban J connectivity index is 1.03. The minimum Gasteiger partial charge on any atom is -0.379 e. The summed E-state index contributed by atoms with van der Waals surface area (Å²) in [6.45, 7) is 11.1. The van der Waals surface area contributed by atoms with Gasteiger partial charge in [0.1, 0.15) is 5.60 Å². The summed E-state index contributed by atoms with van der Waals surface area (Å²) in [7, 11) is 0. The third kappa shape index (κ3) is 23.4. The first kappa shape index (κ1) is 49.3. The first-order chi connectivity index (χ1) is 28.4. The second-order valence-corrected chi connectivity index (χ2v) is 13.9. The van der Waals surface area contributed by atoms with Crippen molar-refractivity contribution in [3.05, 3.63) is 108 Å². The molecule has 0 spiro atoms. The van der Waals surface area contributed by atoms with E-state index in [1.54, 1.807) is 0 Å². The maximum atomic E-state index is 6.74. The zero-order valence-corrected chi connectivity index (χ0v) is 36.1. The van der Waals surface area contributed by atoms with Crippen LogP contribution in [0.5, 0.6) is 0 Å². The Hall–Kier alpha value is -2.05. The molecule has 0 radical (unpaired) electrons. The molecule has 0 fully saturated rings. The van der Waals surface area contributed by atoms with Gasteiger partial charge in [-0.05, 0) is 34.0 Å². The van der Waals surface area contributed by atoms with Gasteiger partial charge in [0.25, 0.3) is 0 Å². The number of halogens is 1. The summed E-state index contributed by atoms with van der Waals surface area (Å²) in [5.74, 6) is 0. The van der Waals surface area contributed by atoms with Gasteiger partial charge in [-0.2, -0.15) is 0 Å². The summed E-state index contributed by atoms with van der Waals surface area (Å²) in [6, 6.07) is 31.0. The average molecular weight is 911 g/mol. The largest absolute Gasteiger partial charge is 0.379 e. The van der Waals surface area contributed by atoms with Crippen LogP contribution in [0.25, 0.3) is 0 Å². The number of unbranched alkanes of at least 4 members (excludes halogenated alkanes) is 3. The Kier molecular flexibility index (Phi) is 31.0. The predicted molar refractivity (Wildman–Crippen MR) is 231 cm³/mol. The molecule has 320 valence electrons. The molecular formula is C45H67IO11. The number of ether oxygens (including phenoxy) is 11. The topological polar surface area (TPSA) is 102 Å². The molecule has 0 aromatic heterocycles. The van der Waals surface area contributed by atoms with Crippen molar-refractivity contribution < 1.29 is 52.1 Å². The Bertz CT molecular complexity index is 1180. The van der Waals surface area contributed by atoms with Crippen molar-refractivity contribution in [1.29, 1.82) is 0 Å². The Labute approximate surface area is 355 Å². The molecule has 0 N–H and O–H groups in total. The van der Waals surface area contributed by atoms with E-state index < -0.39 is 5.60 Å². The molecule has 12 heteroatoms. The average Bonchev–Trinajstić information content (AvgIpc) is 3.26. The van der Waals surface area contributed by atoms with Gasteiger partial charge in [-0.25, -0.2) is 0 Å². The first-order valence-electron chi connectivity index (χ1n) is 20.5. The summed E-state index contributed by atoms with van der Waals surface area (Å²) >= 11 is 2.42. The van der Waals surface area contributed by atoms with E-state index in [1.807, 2.05) is 54.6 Å². The van der Waals surface area contributed by atoms with Gasteiger partial charge in [-0.3, -0.25) is 0 Å². The predicted octanol–water partition coefficient (Wildman–Crippen LogP) is 7.16. The maximum absolute atomic E-state index is 6.74. The van der Waals surface area contributed by atoms with E-state index in [0.29, 0.717) is 132 Å². The van der Waals surface area contributed by atoms with Crippen LogP contribution < -0.4 is 0 Å². The van der Waals surface area contributed by atoms with E-state index >= 15 is 0 Å². The van der Waals surface area contributed by atoms with Crippen molar-refractivity contribution in [2.24, 2.45) is 0 Å². The molecular weight excluding hydrogens is 843 g/mol. The van der Waals surface area contributed by atoms with Gasteiger partial charge < -0.3 is 52.1 Å². The van der Waals surface area contributed by atoms with E-state index in [9.17, 15) is 0 Å². The van der Waals surface area contributed by atoms with Crippen LogP contribution >= 0.6 is 22.6 Å². The van der Waals surface area contributed by atoms with E-state index in [-0.39, 0.29) is 0 Å². The van der Waals surface area contributed by atoms with Gasteiger partial charge in [0.15, 0.2) is 0 Å². The lowest BCUT2D eigenvalue weighted by molar-refractivity contribution is -0.0399. The molecule has 57 heavy (non-hydrogen) atoms. The Morgan fingerprint density at radius 3 is 0.807 bits per heavy atom. The van der Waals surface area contributed by atoms with Gasteiger partial charge in [0.05, 0.1) is 132 Å². The van der Waals surface area contributed by atoms with Crippen LogP contribution in [0.2, 0.25) is 0 Å². The van der Waals surface area contributed by atoms with Crippen LogP contribution in [0, 0.1) is 0 Å². The van der Waals surface area contributed by atoms with Crippen molar-refractivity contribution in [1.82, 2.24) is 0 Å². The molecule has 0 heterocycles. The number of hydrogen-bond donors (Lipinski definition) is 0. The van der Waals surface area contributed by atoms with Crippen molar-refractivity contribution >= 4 is 22.6 Å². The third-order valence-electron chi connectivity index (χ3n) is 8.61. The third-order valence-corrected chi connectivity index (χ3v) is 9.37. The maximum Gasteiger partial charge on any atom is 0.143 e. The summed E-state index contributed by atoms with van der Waals surface area (Å²) in [6.07, 6.45) is 4.97. The van der Waals surface area contributed by atoms with Crippen LogP contribution in [0.3, 0.4) is 0 Å². The molecule has 3 aromatic rings. The highest BCUT2D eigenvalue weighted by Crippen LogP contribution is 2.40. The number of benzene rings is 3. The standard InChI is InChI=1S/C45H67IO11/c46-20-12-1-2-13-21-47-22-23-48-24-25-49-26-27-50-28-29-51-30-31-52-32-33-53-34-35-54-36-37-55-38-39-56-40-41-57-45(42-14-6-3-7-15-42,43-16-8-4-9-17-43)44-18-10-5-11-19-44/h3-11,14-19H,1-2,12-13,20-41H2. The minimum absolute atomic E-state index is 0.418. The second-order valence-electron chi connectivity index (χ2n) is 12.9. The van der Waals surface area contributed by atoms with Crippen LogP contribution in [0.4, 0.5) is 0 Å². The lowest BCUT2D eigenvalue weighted by Gasteiger charge is -2.36. The SMILES string of the molecule is ICCCCCCOCCOCCOCCOCCOCCOCCOCCOCCOCCOCCOC(c1ccccc1)(c1ccccc1)c1ccccc1. The molecule has 0 saturated heterocycles. The van der Waals surface area contributed by atoms with Gasteiger partial charge in [0.2, 0.25) is 0 Å². The summed E-state index contributed by atoms with van der Waals surface area (Å²) in [5, 5.41) is 0. The van der Waals surface area contributed by atoms with E-state index in [0.717, 1.165) is 29.7 Å². The fourth-order valence-electron chi connectivity index (χ4n) is 5.76. The molecule has 0 bridgehead atoms. The highest BCUT2D eigenvalue weighted by Gasteiger charge is 2.37. The van der Waals surface area contributed by atoms with Gasteiger partial charge >= 0.3 is 0 Å². The molecule has 0 amide bonds. The number of hydrogen-bond acceptors (Lipinski definition) is 11. The lowest BCUT2D eigenvalue weighted by Crippen LogP contribution is -2.34. The van der Waals surface area contributed by atoms with Crippen LogP contribution in [0.1, 0.15) is 42.4 Å². The zero-order valence-electron chi connectivity index (χ0n) is 33.9. The van der Waals surface area contributed by atoms with Crippen molar-refractivity contribution in [3.63, 3.8) is 0 Å². The molecule has 0 saturated carbocycles. The fourth-order valence-corrected chi connectivity index (χ4v) is 6.30. The van der Waals surface area contributed by atoms with Crippen molar-refractivity contribution in [2.45, 2.75) is 31.3 Å². The molecule has 3 rings (SSSR count). The quantitative estimate of drug-likeness (QED) is 0.0252. The van der Waals surface area contributed by atoms with Crippen molar-refractivity contribution in [3.8, 4) is 0 Å². The minimum atomic E-state index is -0.750. The molecule has 0 unspecified atom stereocenters. The highest BCUT2D eigenvalue weighted by molar-refractivity contribution is 14.1. The molecule has 0 aliphatic carbocycles. The number of rotatable bonds is 40. The van der Waals surface area contributed by atoms with E-state index in [2.05, 4.69) is 59.0 Å². The Morgan fingerprint density at radius 2 is 0.526 bits per heavy atom. The summed E-state index contributed by atoms with van der Waals surface area (Å²) < 4.78 is 63.9. The summed E-state index contributed by atoms with van der Waals surface area (Å²) in [4.78, 5) is 0. The van der Waals surface area contributed by atoms with Gasteiger partial charge in [-0.1, -0.05) is 126 Å². The summed E-state index contributed by atoms with van der Waals surface area (Å²) in [5.41, 5.74) is 2.46. The second kappa shape index (κ2) is 35.9. The molecule has 11 nitrogen and oxygen atoms in total.